The molecule has 0 amide bonds. The second kappa shape index (κ2) is 40.6. The van der Waals surface area contributed by atoms with Gasteiger partial charge >= 0.3 is 19.8 Å². The number of hydrogen-bond donors (Lipinski definition) is 6. The smallest absolute Gasteiger partial charge is 0.462 e. The van der Waals surface area contributed by atoms with Crippen LogP contribution in [0.1, 0.15) is 239 Å². The molecule has 0 aromatic carbocycles. The summed E-state index contributed by atoms with van der Waals surface area (Å²) in [6, 6.07) is 0. The Kier molecular flexibility index (Phi) is 38.5. The third kappa shape index (κ3) is 32.3. The van der Waals surface area contributed by atoms with E-state index < -0.39 is 75.7 Å². The number of carbonyl (C=O) groups is 2. The standard InChI is InChI=1S/C50H95O13P/c1-3-5-7-9-11-13-15-17-19-20-21-22-23-25-26-28-30-32-34-36-38-43(51)60-40-42(41-61-64(58,59)63-50-48(56)46(54)45(53)47(55)49(50)57)62-44(52)39-37-35-33-31-29-27-24-18-16-14-12-10-8-6-4-2/h18,24,42,45-50,53-57H,3-17,19-23,25-41H2,1-2H3,(H,58,59)/b24-18-. The van der Waals surface area contributed by atoms with Crippen molar-refractivity contribution in [2.45, 2.75) is 281 Å². The molecular weight excluding hydrogens is 840 g/mol. The first kappa shape index (κ1) is 60.6. The molecule has 1 saturated carbocycles. The average molecular weight is 935 g/mol. The number of esters is 2. The maximum atomic E-state index is 12.8. The Bertz CT molecular complexity index is 1170. The lowest BCUT2D eigenvalue weighted by molar-refractivity contribution is -0.220. The van der Waals surface area contributed by atoms with Gasteiger partial charge in [0.05, 0.1) is 6.61 Å². The number of rotatable bonds is 44. The van der Waals surface area contributed by atoms with Crippen LogP contribution in [0.15, 0.2) is 12.2 Å². The van der Waals surface area contributed by atoms with E-state index in [1.165, 1.54) is 141 Å². The topological polar surface area (TPSA) is 210 Å². The van der Waals surface area contributed by atoms with Crippen molar-refractivity contribution in [2.24, 2.45) is 0 Å². The van der Waals surface area contributed by atoms with Crippen LogP contribution in [-0.4, -0.2) is 98.3 Å². The Labute approximate surface area is 388 Å². The van der Waals surface area contributed by atoms with Gasteiger partial charge in [0.1, 0.15) is 43.2 Å². The van der Waals surface area contributed by atoms with E-state index in [1.807, 2.05) is 0 Å². The predicted molar refractivity (Wildman–Crippen MR) is 254 cm³/mol. The number of hydrogen-bond acceptors (Lipinski definition) is 12. The van der Waals surface area contributed by atoms with Crippen molar-refractivity contribution >= 4 is 19.8 Å². The van der Waals surface area contributed by atoms with Gasteiger partial charge in [-0.1, -0.05) is 199 Å². The maximum Gasteiger partial charge on any atom is 0.472 e. The molecule has 6 atom stereocenters. The van der Waals surface area contributed by atoms with Crippen LogP contribution in [0.5, 0.6) is 0 Å². The molecule has 0 heterocycles. The average Bonchev–Trinajstić information content (AvgIpc) is 3.28. The lowest BCUT2D eigenvalue weighted by Crippen LogP contribution is -2.64. The molecule has 0 aliphatic heterocycles. The molecule has 64 heavy (non-hydrogen) atoms. The molecule has 13 nitrogen and oxygen atoms in total. The zero-order valence-electron chi connectivity index (χ0n) is 40.3. The van der Waals surface area contributed by atoms with E-state index in [2.05, 4.69) is 26.0 Å². The lowest BCUT2D eigenvalue weighted by Gasteiger charge is -2.41. The predicted octanol–water partition coefficient (Wildman–Crippen LogP) is 11.0. The van der Waals surface area contributed by atoms with Crippen molar-refractivity contribution in [3.63, 3.8) is 0 Å². The molecule has 14 heteroatoms. The minimum Gasteiger partial charge on any atom is -0.462 e. The first-order chi connectivity index (χ1) is 30.9. The Morgan fingerprint density at radius 3 is 1.19 bits per heavy atom. The number of phosphoric ester groups is 1. The SMILES string of the molecule is CCCCCCCC/C=C\CCCCCCCC(=O)OC(COC(=O)CCCCCCCCCCCCCCCCCCCCCC)COP(=O)(O)OC1C(O)C(O)C(O)C(O)C1O. The van der Waals surface area contributed by atoms with Gasteiger partial charge in [0.25, 0.3) is 0 Å². The number of phosphoric acid groups is 1. The van der Waals surface area contributed by atoms with E-state index in [-0.39, 0.29) is 12.8 Å². The fourth-order valence-electron chi connectivity index (χ4n) is 8.17. The van der Waals surface area contributed by atoms with Crippen LogP contribution in [0.25, 0.3) is 0 Å². The van der Waals surface area contributed by atoms with Gasteiger partial charge in [0, 0.05) is 12.8 Å². The van der Waals surface area contributed by atoms with Crippen LogP contribution in [0.4, 0.5) is 0 Å². The van der Waals surface area contributed by atoms with Crippen molar-refractivity contribution < 1.29 is 63.1 Å². The van der Waals surface area contributed by atoms with Crippen molar-refractivity contribution in [1.82, 2.24) is 0 Å². The van der Waals surface area contributed by atoms with Crippen LogP contribution >= 0.6 is 7.82 Å². The van der Waals surface area contributed by atoms with Gasteiger partial charge in [-0.3, -0.25) is 18.6 Å². The highest BCUT2D eigenvalue weighted by Gasteiger charge is 2.51. The van der Waals surface area contributed by atoms with Gasteiger partial charge in [0.15, 0.2) is 6.10 Å². The summed E-state index contributed by atoms with van der Waals surface area (Å²) in [6.07, 6.45) is 31.2. The van der Waals surface area contributed by atoms with E-state index in [9.17, 15) is 44.6 Å². The molecule has 0 aromatic heterocycles. The van der Waals surface area contributed by atoms with E-state index in [0.717, 1.165) is 57.8 Å². The Balaban J connectivity index is 2.37. The van der Waals surface area contributed by atoms with Crippen LogP contribution in [0.3, 0.4) is 0 Å². The van der Waals surface area contributed by atoms with Gasteiger partial charge in [-0.2, -0.15) is 0 Å². The molecule has 6 unspecified atom stereocenters. The molecule has 0 bridgehead atoms. The molecular formula is C50H95O13P. The number of ether oxygens (including phenoxy) is 2. The monoisotopic (exact) mass is 935 g/mol. The van der Waals surface area contributed by atoms with Crippen molar-refractivity contribution in [1.29, 1.82) is 0 Å². The molecule has 0 saturated heterocycles. The zero-order chi connectivity index (χ0) is 47.1. The summed E-state index contributed by atoms with van der Waals surface area (Å²) in [5.41, 5.74) is 0. The molecule has 1 aliphatic carbocycles. The number of carbonyl (C=O) groups excluding carboxylic acids is 2. The Morgan fingerprint density at radius 2 is 0.797 bits per heavy atom. The highest BCUT2D eigenvalue weighted by Crippen LogP contribution is 2.47. The van der Waals surface area contributed by atoms with Crippen molar-refractivity contribution in [3.8, 4) is 0 Å². The van der Waals surface area contributed by atoms with E-state index in [4.69, 9.17) is 18.5 Å². The minimum atomic E-state index is -5.12. The summed E-state index contributed by atoms with van der Waals surface area (Å²) in [5, 5.41) is 50.2. The largest absolute Gasteiger partial charge is 0.472 e. The Morgan fingerprint density at radius 1 is 0.469 bits per heavy atom. The molecule has 1 aliphatic rings. The van der Waals surface area contributed by atoms with Gasteiger partial charge in [-0.25, -0.2) is 4.57 Å². The van der Waals surface area contributed by atoms with Gasteiger partial charge in [0.2, 0.25) is 0 Å². The summed E-state index contributed by atoms with van der Waals surface area (Å²) >= 11 is 0. The summed E-state index contributed by atoms with van der Waals surface area (Å²) in [6.45, 7) is 3.33. The lowest BCUT2D eigenvalue weighted by atomic mass is 9.85. The summed E-state index contributed by atoms with van der Waals surface area (Å²) in [4.78, 5) is 35.8. The third-order valence-electron chi connectivity index (χ3n) is 12.4. The molecule has 1 fully saturated rings. The maximum absolute atomic E-state index is 12.8. The first-order valence-corrected chi connectivity index (χ1v) is 27.5. The number of unbranched alkanes of at least 4 members (excludes halogenated alkanes) is 30. The second-order valence-corrected chi connectivity index (χ2v) is 19.8. The van der Waals surface area contributed by atoms with Gasteiger partial charge < -0.3 is 39.9 Å². The summed E-state index contributed by atoms with van der Waals surface area (Å²) in [7, 11) is -5.12. The van der Waals surface area contributed by atoms with E-state index in [1.54, 1.807) is 0 Å². The fourth-order valence-corrected chi connectivity index (χ4v) is 9.14. The molecule has 0 radical (unpaired) electrons. The normalized spacial score (nSPS) is 21.6. The number of allylic oxidation sites excluding steroid dienone is 2. The quantitative estimate of drug-likeness (QED) is 0.0146. The molecule has 0 aromatic rings. The highest BCUT2D eigenvalue weighted by atomic mass is 31.2. The number of aliphatic hydroxyl groups is 5. The summed E-state index contributed by atoms with van der Waals surface area (Å²) in [5.74, 6) is -1.09. The fraction of sp³-hybridized carbons (Fsp3) is 0.920. The van der Waals surface area contributed by atoms with Crippen LogP contribution < -0.4 is 0 Å². The van der Waals surface area contributed by atoms with Gasteiger partial charge in [-0.15, -0.1) is 0 Å². The molecule has 1 rings (SSSR count). The molecule has 6 N–H and O–H groups in total. The zero-order valence-corrected chi connectivity index (χ0v) is 41.2. The van der Waals surface area contributed by atoms with Gasteiger partial charge in [-0.05, 0) is 38.5 Å². The first-order valence-electron chi connectivity index (χ1n) is 26.0. The number of aliphatic hydroxyl groups excluding tert-OH is 5. The Hall–Kier alpha value is -1.41. The van der Waals surface area contributed by atoms with Crippen LogP contribution in [0.2, 0.25) is 0 Å². The third-order valence-corrected chi connectivity index (χ3v) is 13.3. The minimum absolute atomic E-state index is 0.0911. The highest BCUT2D eigenvalue weighted by molar-refractivity contribution is 7.47. The van der Waals surface area contributed by atoms with E-state index in [0.29, 0.717) is 12.8 Å². The summed E-state index contributed by atoms with van der Waals surface area (Å²) < 4.78 is 33.6. The van der Waals surface area contributed by atoms with Crippen LogP contribution in [0, 0.1) is 0 Å². The van der Waals surface area contributed by atoms with Crippen molar-refractivity contribution in [2.75, 3.05) is 13.2 Å². The van der Waals surface area contributed by atoms with E-state index >= 15 is 0 Å². The van der Waals surface area contributed by atoms with Crippen LogP contribution in [-0.2, 0) is 32.7 Å². The van der Waals surface area contributed by atoms with Crippen molar-refractivity contribution in [3.05, 3.63) is 12.2 Å². The molecule has 0 spiro atoms. The second-order valence-electron chi connectivity index (χ2n) is 18.4. The molecule has 378 valence electrons.